The van der Waals surface area contributed by atoms with Crippen molar-refractivity contribution in [2.45, 2.75) is 38.9 Å². The van der Waals surface area contributed by atoms with Crippen LogP contribution in [0.15, 0.2) is 24.5 Å². The van der Waals surface area contributed by atoms with Gasteiger partial charge in [0.2, 0.25) is 0 Å². The first kappa shape index (κ1) is 19.1. The predicted molar refractivity (Wildman–Crippen MR) is 112 cm³/mol. The predicted octanol–water partition coefficient (Wildman–Crippen LogP) is 3.18. The zero-order chi connectivity index (χ0) is 20.4. The number of ether oxygens (including phenoxy) is 1. The molecule has 3 N–H and O–H groups in total. The summed E-state index contributed by atoms with van der Waals surface area (Å²) in [5.74, 6) is 0.601. The molecular weight excluding hydrogens is 370 g/mol. The first-order valence-electron chi connectivity index (χ1n) is 9.71. The second kappa shape index (κ2) is 8.04. The van der Waals surface area contributed by atoms with E-state index in [-0.39, 0.29) is 6.03 Å². The van der Waals surface area contributed by atoms with Gasteiger partial charge in [0.15, 0.2) is 5.65 Å². The van der Waals surface area contributed by atoms with Crippen molar-refractivity contribution in [1.29, 1.82) is 0 Å². The maximum absolute atomic E-state index is 12.1. The van der Waals surface area contributed by atoms with Crippen LogP contribution in [-0.2, 0) is 11.3 Å². The van der Waals surface area contributed by atoms with Crippen molar-refractivity contribution in [1.82, 2.24) is 24.8 Å². The molecule has 3 heterocycles. The molecule has 0 spiro atoms. The first-order chi connectivity index (χ1) is 14.1. The molecule has 9 heteroatoms. The van der Waals surface area contributed by atoms with Gasteiger partial charge in [-0.2, -0.15) is 0 Å². The molecule has 0 aromatic carbocycles. The highest BCUT2D eigenvalue weighted by Crippen LogP contribution is 2.27. The number of hydrogen-bond donors (Lipinski definition) is 3. The van der Waals surface area contributed by atoms with Gasteiger partial charge in [-0.1, -0.05) is 0 Å². The van der Waals surface area contributed by atoms with E-state index in [0.29, 0.717) is 29.7 Å². The Balaban J connectivity index is 1.62. The molecule has 0 unspecified atom stereocenters. The fraction of sp³-hybridized carbons (Fsp3) is 0.400. The van der Waals surface area contributed by atoms with E-state index in [9.17, 15) is 4.79 Å². The molecule has 1 saturated carbocycles. The molecule has 1 fully saturated rings. The number of imidazole rings is 1. The summed E-state index contributed by atoms with van der Waals surface area (Å²) >= 11 is 0. The average molecular weight is 395 g/mol. The lowest BCUT2D eigenvalue weighted by Gasteiger charge is -2.25. The number of anilines is 3. The molecule has 3 aromatic heterocycles. The van der Waals surface area contributed by atoms with Crippen LogP contribution in [0.1, 0.15) is 30.7 Å². The standard InChI is InChI=1S/C20H25N7O2/c1-12-7-13(8-14(24-12)10-29-15-5-4-6-15)25-17-9-16(21-2)18-19(26-17)27(11-23-18)20(28)22-3/h7-9,11,15H,4-6,10H2,1-3H3,(H,22,28)(H2,21,24,25,26). The van der Waals surface area contributed by atoms with Crippen LogP contribution < -0.4 is 16.0 Å². The van der Waals surface area contributed by atoms with Crippen LogP contribution in [0.2, 0.25) is 0 Å². The average Bonchev–Trinajstić information content (AvgIpc) is 3.09. The lowest BCUT2D eigenvalue weighted by molar-refractivity contribution is -0.0101. The minimum Gasteiger partial charge on any atom is -0.386 e. The summed E-state index contributed by atoms with van der Waals surface area (Å²) in [5.41, 5.74) is 4.52. The van der Waals surface area contributed by atoms with E-state index in [4.69, 9.17) is 4.74 Å². The van der Waals surface area contributed by atoms with Gasteiger partial charge in [0.1, 0.15) is 17.7 Å². The highest BCUT2D eigenvalue weighted by Gasteiger charge is 2.18. The summed E-state index contributed by atoms with van der Waals surface area (Å²) in [7, 11) is 3.38. The molecule has 0 bridgehead atoms. The molecular formula is C20H25N7O2. The first-order valence-corrected chi connectivity index (χ1v) is 9.71. The molecule has 1 aliphatic carbocycles. The number of nitrogens with zero attached hydrogens (tertiary/aromatic N) is 4. The zero-order valence-corrected chi connectivity index (χ0v) is 16.8. The number of aromatic nitrogens is 4. The molecule has 0 radical (unpaired) electrons. The van der Waals surface area contributed by atoms with Crippen LogP contribution in [0.5, 0.6) is 0 Å². The summed E-state index contributed by atoms with van der Waals surface area (Å²) in [5, 5.41) is 9.03. The molecule has 152 valence electrons. The van der Waals surface area contributed by atoms with Crippen LogP contribution in [-0.4, -0.2) is 45.7 Å². The van der Waals surface area contributed by atoms with Crippen LogP contribution in [0.4, 0.5) is 22.0 Å². The fourth-order valence-corrected chi connectivity index (χ4v) is 3.29. The molecule has 3 aromatic rings. The number of carbonyl (C=O) groups is 1. The highest BCUT2D eigenvalue weighted by molar-refractivity contribution is 5.94. The Labute approximate surface area is 168 Å². The van der Waals surface area contributed by atoms with Gasteiger partial charge in [-0.15, -0.1) is 0 Å². The summed E-state index contributed by atoms with van der Waals surface area (Å²) in [6.07, 6.45) is 5.33. The number of carbonyl (C=O) groups excluding carboxylic acids is 1. The summed E-state index contributed by atoms with van der Waals surface area (Å²) < 4.78 is 7.28. The van der Waals surface area contributed by atoms with Crippen LogP contribution >= 0.6 is 0 Å². The smallest absolute Gasteiger partial charge is 0.328 e. The quantitative estimate of drug-likeness (QED) is 0.588. The van der Waals surface area contributed by atoms with Crippen LogP contribution in [0, 0.1) is 6.92 Å². The van der Waals surface area contributed by atoms with Crippen molar-refractivity contribution in [2.75, 3.05) is 24.7 Å². The Morgan fingerprint density at radius 3 is 2.76 bits per heavy atom. The third-order valence-electron chi connectivity index (χ3n) is 5.00. The van der Waals surface area contributed by atoms with E-state index in [0.717, 1.165) is 35.6 Å². The number of rotatable bonds is 6. The Kier molecular flexibility index (Phi) is 5.30. The number of fused-ring (bicyclic) bond motifs is 1. The number of nitrogens with one attached hydrogen (secondary N) is 3. The van der Waals surface area contributed by atoms with Gasteiger partial charge in [-0.25, -0.2) is 19.3 Å². The van der Waals surface area contributed by atoms with E-state index in [1.165, 1.54) is 17.3 Å². The summed E-state index contributed by atoms with van der Waals surface area (Å²) in [6, 6.07) is 5.49. The van der Waals surface area contributed by atoms with Crippen molar-refractivity contribution in [3.63, 3.8) is 0 Å². The Morgan fingerprint density at radius 2 is 2.07 bits per heavy atom. The van der Waals surface area contributed by atoms with Crippen molar-refractivity contribution in [3.05, 3.63) is 35.9 Å². The normalized spacial score (nSPS) is 13.9. The fourth-order valence-electron chi connectivity index (χ4n) is 3.29. The lowest BCUT2D eigenvalue weighted by atomic mass is 9.96. The molecule has 29 heavy (non-hydrogen) atoms. The summed E-state index contributed by atoms with van der Waals surface area (Å²) in [4.78, 5) is 25.6. The van der Waals surface area contributed by atoms with Gasteiger partial charge in [0.05, 0.1) is 24.1 Å². The highest BCUT2D eigenvalue weighted by atomic mass is 16.5. The van der Waals surface area contributed by atoms with Gasteiger partial charge in [0, 0.05) is 31.5 Å². The van der Waals surface area contributed by atoms with Gasteiger partial charge in [-0.05, 0) is 38.3 Å². The second-order valence-electron chi connectivity index (χ2n) is 7.12. The maximum Gasteiger partial charge on any atom is 0.328 e. The third kappa shape index (κ3) is 4.00. The lowest BCUT2D eigenvalue weighted by Crippen LogP contribution is -2.24. The molecule has 1 amide bonds. The van der Waals surface area contributed by atoms with Crippen LogP contribution in [0.25, 0.3) is 11.2 Å². The minimum absolute atomic E-state index is 0.297. The number of aryl methyl sites for hydroxylation is 1. The largest absolute Gasteiger partial charge is 0.386 e. The molecule has 0 aliphatic heterocycles. The zero-order valence-electron chi connectivity index (χ0n) is 16.8. The van der Waals surface area contributed by atoms with Gasteiger partial charge in [0.25, 0.3) is 0 Å². The SMILES string of the molecule is CNC(=O)n1cnc2c(NC)cc(Nc3cc(C)nc(COC4CCC4)c3)nc21. The van der Waals surface area contributed by atoms with E-state index in [1.54, 1.807) is 7.05 Å². The van der Waals surface area contributed by atoms with E-state index in [1.807, 2.05) is 32.2 Å². The monoisotopic (exact) mass is 395 g/mol. The number of pyridine rings is 2. The number of hydrogen-bond acceptors (Lipinski definition) is 7. The third-order valence-corrected chi connectivity index (χ3v) is 5.00. The molecule has 1 aliphatic rings. The van der Waals surface area contributed by atoms with Gasteiger partial charge in [-0.3, -0.25) is 4.98 Å². The van der Waals surface area contributed by atoms with Crippen molar-refractivity contribution >= 4 is 34.4 Å². The number of amides is 1. The van der Waals surface area contributed by atoms with Crippen molar-refractivity contribution < 1.29 is 9.53 Å². The molecule has 4 rings (SSSR count). The van der Waals surface area contributed by atoms with E-state index in [2.05, 4.69) is 30.9 Å². The molecule has 0 saturated heterocycles. The Morgan fingerprint density at radius 1 is 1.24 bits per heavy atom. The maximum atomic E-state index is 12.1. The molecule has 9 nitrogen and oxygen atoms in total. The topological polar surface area (TPSA) is 106 Å². The van der Waals surface area contributed by atoms with Crippen LogP contribution in [0.3, 0.4) is 0 Å². The van der Waals surface area contributed by atoms with Crippen molar-refractivity contribution in [3.8, 4) is 0 Å². The minimum atomic E-state index is -0.297. The van der Waals surface area contributed by atoms with Gasteiger partial charge < -0.3 is 20.7 Å². The molecule has 0 atom stereocenters. The van der Waals surface area contributed by atoms with Gasteiger partial charge >= 0.3 is 6.03 Å². The van der Waals surface area contributed by atoms with Crippen molar-refractivity contribution in [2.24, 2.45) is 0 Å². The van der Waals surface area contributed by atoms with E-state index >= 15 is 0 Å². The Hall–Kier alpha value is -3.20. The summed E-state index contributed by atoms with van der Waals surface area (Å²) in [6.45, 7) is 2.45. The Bertz CT molecular complexity index is 1040. The van der Waals surface area contributed by atoms with E-state index < -0.39 is 0 Å². The second-order valence-corrected chi connectivity index (χ2v) is 7.12.